The molecule has 98 valence electrons. The number of aromatic nitrogens is 1. The van der Waals surface area contributed by atoms with Gasteiger partial charge in [-0.2, -0.15) is 0 Å². The molecule has 0 spiro atoms. The maximum atomic E-state index is 11.5. The number of aryl methyl sites for hydroxylation is 1. The molecule has 0 saturated carbocycles. The van der Waals surface area contributed by atoms with Crippen molar-refractivity contribution in [2.75, 3.05) is 0 Å². The highest BCUT2D eigenvalue weighted by Crippen LogP contribution is 1.97. The van der Waals surface area contributed by atoms with Gasteiger partial charge >= 0.3 is 5.97 Å². The van der Waals surface area contributed by atoms with Crippen LogP contribution in [0.1, 0.15) is 30.6 Å². The molecular formula is C12H16N2O4. The molecule has 0 unspecified atom stereocenters. The van der Waals surface area contributed by atoms with Gasteiger partial charge in [0.2, 0.25) is 5.91 Å². The van der Waals surface area contributed by atoms with E-state index in [9.17, 15) is 14.4 Å². The van der Waals surface area contributed by atoms with Crippen LogP contribution in [0.2, 0.25) is 0 Å². The molecule has 1 amide bonds. The van der Waals surface area contributed by atoms with Crippen LogP contribution in [0.4, 0.5) is 0 Å². The lowest BCUT2D eigenvalue weighted by Crippen LogP contribution is -2.32. The van der Waals surface area contributed by atoms with E-state index in [1.54, 1.807) is 0 Å². The molecule has 6 heteroatoms. The van der Waals surface area contributed by atoms with Gasteiger partial charge < -0.3 is 15.0 Å². The van der Waals surface area contributed by atoms with Gasteiger partial charge in [-0.15, -0.1) is 0 Å². The summed E-state index contributed by atoms with van der Waals surface area (Å²) in [5.41, 5.74) is -0.295. The van der Waals surface area contributed by atoms with Gasteiger partial charge in [-0.1, -0.05) is 0 Å². The molecule has 18 heavy (non-hydrogen) atoms. The third-order valence-electron chi connectivity index (χ3n) is 2.26. The molecule has 0 aliphatic carbocycles. The van der Waals surface area contributed by atoms with E-state index >= 15 is 0 Å². The molecule has 1 aromatic heterocycles. The molecule has 0 radical (unpaired) electrons. The van der Waals surface area contributed by atoms with Crippen LogP contribution in [-0.2, 0) is 11.3 Å². The molecule has 0 aliphatic heterocycles. The fourth-order valence-corrected chi connectivity index (χ4v) is 1.45. The van der Waals surface area contributed by atoms with Crippen LogP contribution < -0.4 is 10.9 Å². The Balaban J connectivity index is 2.72. The predicted octanol–water partition coefficient (Wildman–Crippen LogP) is 0.461. The van der Waals surface area contributed by atoms with Gasteiger partial charge in [-0.3, -0.25) is 9.59 Å². The van der Waals surface area contributed by atoms with Crippen molar-refractivity contribution in [1.82, 2.24) is 9.88 Å². The van der Waals surface area contributed by atoms with Crippen molar-refractivity contribution in [3.05, 3.63) is 34.2 Å². The number of carboxylic acid groups (broad SMARTS) is 1. The first kappa shape index (κ1) is 14.0. The highest BCUT2D eigenvalue weighted by Gasteiger charge is 2.07. The van der Waals surface area contributed by atoms with Crippen LogP contribution >= 0.6 is 0 Å². The van der Waals surface area contributed by atoms with Crippen molar-refractivity contribution in [2.24, 2.45) is 0 Å². The Kier molecular flexibility index (Phi) is 4.65. The van der Waals surface area contributed by atoms with Gasteiger partial charge in [0.1, 0.15) is 0 Å². The molecule has 0 atom stereocenters. The Bertz CT molecular complexity index is 505. The van der Waals surface area contributed by atoms with Crippen molar-refractivity contribution >= 4 is 11.9 Å². The molecule has 1 rings (SSSR count). The molecule has 2 N–H and O–H groups in total. The van der Waals surface area contributed by atoms with E-state index < -0.39 is 5.97 Å². The topological polar surface area (TPSA) is 88.4 Å². The molecule has 0 aromatic carbocycles. The van der Waals surface area contributed by atoms with E-state index in [-0.39, 0.29) is 36.0 Å². The summed E-state index contributed by atoms with van der Waals surface area (Å²) in [4.78, 5) is 33.6. The van der Waals surface area contributed by atoms with E-state index in [0.717, 1.165) is 0 Å². The van der Waals surface area contributed by atoms with E-state index in [4.69, 9.17) is 5.11 Å². The highest BCUT2D eigenvalue weighted by atomic mass is 16.4. The summed E-state index contributed by atoms with van der Waals surface area (Å²) >= 11 is 0. The van der Waals surface area contributed by atoms with Gasteiger partial charge in [-0.25, -0.2) is 4.79 Å². The monoisotopic (exact) mass is 252 g/mol. The Morgan fingerprint density at radius 3 is 2.61 bits per heavy atom. The first-order chi connectivity index (χ1) is 8.40. The predicted molar refractivity (Wildman–Crippen MR) is 65.6 cm³/mol. The average molecular weight is 252 g/mol. The maximum Gasteiger partial charge on any atom is 0.337 e. The van der Waals surface area contributed by atoms with E-state index in [2.05, 4.69) is 5.32 Å². The third kappa shape index (κ3) is 4.04. The first-order valence-electron chi connectivity index (χ1n) is 5.63. The second-order valence-corrected chi connectivity index (χ2v) is 4.23. The quantitative estimate of drug-likeness (QED) is 0.796. The van der Waals surface area contributed by atoms with E-state index in [1.165, 1.54) is 22.9 Å². The summed E-state index contributed by atoms with van der Waals surface area (Å²) in [7, 11) is 0. The normalized spacial score (nSPS) is 10.4. The number of carbonyl (C=O) groups excluding carboxylic acids is 1. The number of nitrogens with one attached hydrogen (secondary N) is 1. The molecule has 1 aromatic rings. The Labute approximate surface area is 104 Å². The number of carbonyl (C=O) groups is 2. The molecule has 0 bridgehead atoms. The summed E-state index contributed by atoms with van der Waals surface area (Å²) < 4.78 is 1.23. The number of amides is 1. The molecular weight excluding hydrogens is 236 g/mol. The summed E-state index contributed by atoms with van der Waals surface area (Å²) in [5, 5.41) is 11.5. The maximum absolute atomic E-state index is 11.5. The lowest BCUT2D eigenvalue weighted by Gasteiger charge is -2.09. The van der Waals surface area contributed by atoms with Crippen LogP contribution in [0.5, 0.6) is 0 Å². The lowest BCUT2D eigenvalue weighted by atomic mass is 10.2. The van der Waals surface area contributed by atoms with Gasteiger partial charge in [0.15, 0.2) is 0 Å². The summed E-state index contributed by atoms with van der Waals surface area (Å²) in [6.45, 7) is 3.85. The minimum Gasteiger partial charge on any atom is -0.478 e. The van der Waals surface area contributed by atoms with Gasteiger partial charge in [0.25, 0.3) is 5.56 Å². The third-order valence-corrected chi connectivity index (χ3v) is 2.26. The zero-order chi connectivity index (χ0) is 13.7. The molecule has 0 fully saturated rings. The summed E-state index contributed by atoms with van der Waals surface area (Å²) in [5.74, 6) is -1.27. The van der Waals surface area contributed by atoms with Crippen LogP contribution in [0.3, 0.4) is 0 Å². The highest BCUT2D eigenvalue weighted by molar-refractivity contribution is 5.87. The number of hydrogen-bond acceptors (Lipinski definition) is 3. The standard InChI is InChI=1S/C12H16N2O4/c1-8(2)13-10(15)5-6-14-7-9(12(17)18)3-4-11(14)16/h3-4,7-8H,5-6H2,1-2H3,(H,13,15)(H,17,18). The Hall–Kier alpha value is -2.11. The average Bonchev–Trinajstić information content (AvgIpc) is 2.26. The molecule has 1 heterocycles. The smallest absolute Gasteiger partial charge is 0.337 e. The van der Waals surface area contributed by atoms with Crippen LogP contribution in [0.25, 0.3) is 0 Å². The van der Waals surface area contributed by atoms with Crippen LogP contribution in [-0.4, -0.2) is 27.6 Å². The van der Waals surface area contributed by atoms with Crippen molar-refractivity contribution in [1.29, 1.82) is 0 Å². The number of rotatable bonds is 5. The van der Waals surface area contributed by atoms with E-state index in [1.807, 2.05) is 13.8 Å². The van der Waals surface area contributed by atoms with Gasteiger partial charge in [0.05, 0.1) is 5.56 Å². The fraction of sp³-hybridized carbons (Fsp3) is 0.417. The Morgan fingerprint density at radius 1 is 1.39 bits per heavy atom. The second kappa shape index (κ2) is 6.00. The van der Waals surface area contributed by atoms with Crippen molar-refractivity contribution < 1.29 is 14.7 Å². The largest absolute Gasteiger partial charge is 0.478 e. The number of carboxylic acids is 1. The van der Waals surface area contributed by atoms with Crippen molar-refractivity contribution in [3.8, 4) is 0 Å². The lowest BCUT2D eigenvalue weighted by molar-refractivity contribution is -0.121. The number of pyridine rings is 1. The zero-order valence-electron chi connectivity index (χ0n) is 10.3. The number of aromatic carboxylic acids is 1. The summed E-state index contributed by atoms with van der Waals surface area (Å²) in [6.07, 6.45) is 1.38. The number of nitrogens with zero attached hydrogens (tertiary/aromatic N) is 1. The fourth-order valence-electron chi connectivity index (χ4n) is 1.45. The SMILES string of the molecule is CC(C)NC(=O)CCn1cc(C(=O)O)ccc1=O. The van der Waals surface area contributed by atoms with Crippen molar-refractivity contribution in [3.63, 3.8) is 0 Å². The summed E-state index contributed by atoms with van der Waals surface area (Å²) in [6, 6.07) is 2.47. The second-order valence-electron chi connectivity index (χ2n) is 4.23. The number of hydrogen-bond donors (Lipinski definition) is 2. The molecule has 0 aliphatic rings. The molecule has 6 nitrogen and oxygen atoms in total. The van der Waals surface area contributed by atoms with E-state index in [0.29, 0.717) is 0 Å². The van der Waals surface area contributed by atoms with Crippen LogP contribution in [0, 0.1) is 0 Å². The minimum absolute atomic E-state index is 0.0267. The zero-order valence-corrected chi connectivity index (χ0v) is 10.3. The van der Waals surface area contributed by atoms with Crippen molar-refractivity contribution in [2.45, 2.75) is 32.9 Å². The van der Waals surface area contributed by atoms with Gasteiger partial charge in [-0.05, 0) is 19.9 Å². The van der Waals surface area contributed by atoms with Gasteiger partial charge in [0, 0.05) is 31.3 Å². The van der Waals surface area contributed by atoms with Crippen LogP contribution in [0.15, 0.2) is 23.1 Å². The first-order valence-corrected chi connectivity index (χ1v) is 5.63. The molecule has 0 saturated heterocycles. The Morgan fingerprint density at radius 2 is 2.06 bits per heavy atom. The minimum atomic E-state index is -1.10.